The molecule has 0 bridgehead atoms. The highest BCUT2D eigenvalue weighted by atomic mass is 19.1. The number of hydrogen-bond acceptors (Lipinski definition) is 2. The Hall–Kier alpha value is -2.20. The third kappa shape index (κ3) is 4.27. The maximum atomic E-state index is 13.8. The largest absolute Gasteiger partial charge is 0.381 e. The fourth-order valence-corrected chi connectivity index (χ4v) is 4.56. The maximum absolute atomic E-state index is 13.8. The van der Waals surface area contributed by atoms with Crippen molar-refractivity contribution in [2.24, 2.45) is 0 Å². The number of carbonyl (C=O) groups is 1. The van der Waals surface area contributed by atoms with E-state index in [9.17, 15) is 9.18 Å². The number of amides is 1. The summed E-state index contributed by atoms with van der Waals surface area (Å²) in [6.07, 6.45) is 6.74. The van der Waals surface area contributed by atoms with E-state index in [1.54, 1.807) is 12.1 Å². The molecule has 1 fully saturated rings. The minimum absolute atomic E-state index is 0.0260. The van der Waals surface area contributed by atoms with Crippen LogP contribution in [0, 0.1) is 5.82 Å². The van der Waals surface area contributed by atoms with E-state index >= 15 is 0 Å². The molecule has 0 atom stereocenters. The zero-order valence-electron chi connectivity index (χ0n) is 16.3. The molecule has 1 amide bonds. The molecule has 3 nitrogen and oxygen atoms in total. The highest BCUT2D eigenvalue weighted by Crippen LogP contribution is 2.34. The summed E-state index contributed by atoms with van der Waals surface area (Å²) < 4.78 is 19.3. The molecule has 2 aromatic carbocycles. The van der Waals surface area contributed by atoms with Crippen LogP contribution in [0.3, 0.4) is 0 Å². The van der Waals surface area contributed by atoms with E-state index in [0.717, 1.165) is 36.8 Å². The van der Waals surface area contributed by atoms with Crippen LogP contribution in [0.4, 0.5) is 4.39 Å². The molecule has 1 saturated heterocycles. The molecular formula is C24H28FNO2. The average Bonchev–Trinajstić information content (AvgIpc) is 2.73. The molecule has 28 heavy (non-hydrogen) atoms. The minimum atomic E-state index is -0.258. The van der Waals surface area contributed by atoms with Gasteiger partial charge in [0.05, 0.1) is 6.42 Å². The Bertz CT molecular complexity index is 842. The number of nitrogens with one attached hydrogen (secondary N) is 1. The van der Waals surface area contributed by atoms with Crippen molar-refractivity contribution in [2.45, 2.75) is 50.4 Å². The minimum Gasteiger partial charge on any atom is -0.381 e. The summed E-state index contributed by atoms with van der Waals surface area (Å²) in [5, 5.41) is 3.12. The number of carbonyl (C=O) groups excluding carboxylic acids is 1. The second-order valence-electron chi connectivity index (χ2n) is 8.17. The number of halogens is 1. The zero-order chi connectivity index (χ0) is 19.4. The van der Waals surface area contributed by atoms with Crippen molar-refractivity contribution in [3.8, 4) is 0 Å². The second kappa shape index (κ2) is 8.44. The summed E-state index contributed by atoms with van der Waals surface area (Å²) in [7, 11) is 0. The Morgan fingerprint density at radius 3 is 2.61 bits per heavy atom. The molecule has 2 aromatic rings. The van der Waals surface area contributed by atoms with Gasteiger partial charge in [-0.2, -0.15) is 0 Å². The number of hydrogen-bond donors (Lipinski definition) is 1. The van der Waals surface area contributed by atoms with Crippen LogP contribution in [-0.4, -0.2) is 25.7 Å². The van der Waals surface area contributed by atoms with Crippen LogP contribution < -0.4 is 5.32 Å². The normalized spacial score (nSPS) is 18.3. The van der Waals surface area contributed by atoms with Crippen molar-refractivity contribution in [2.75, 3.05) is 19.8 Å². The molecule has 1 N–H and O–H groups in total. The molecule has 0 aromatic heterocycles. The second-order valence-corrected chi connectivity index (χ2v) is 8.17. The van der Waals surface area contributed by atoms with Crippen LogP contribution in [0.2, 0.25) is 0 Å². The Morgan fingerprint density at radius 1 is 1.04 bits per heavy atom. The molecule has 4 heteroatoms. The lowest BCUT2D eigenvalue weighted by molar-refractivity contribution is -0.120. The number of benzene rings is 2. The van der Waals surface area contributed by atoms with Crippen molar-refractivity contribution in [1.29, 1.82) is 0 Å². The van der Waals surface area contributed by atoms with Crippen LogP contribution in [-0.2, 0) is 34.2 Å². The van der Waals surface area contributed by atoms with E-state index in [-0.39, 0.29) is 17.1 Å². The van der Waals surface area contributed by atoms with E-state index < -0.39 is 0 Å². The Balaban J connectivity index is 1.43. The number of fused-ring (bicyclic) bond motifs is 1. The predicted octanol–water partition coefficient (Wildman–Crippen LogP) is 4.11. The summed E-state index contributed by atoms with van der Waals surface area (Å²) >= 11 is 0. The Labute approximate surface area is 166 Å². The van der Waals surface area contributed by atoms with Crippen LogP contribution in [0.25, 0.3) is 0 Å². The lowest BCUT2D eigenvalue weighted by atomic mass is 9.74. The fourth-order valence-electron chi connectivity index (χ4n) is 4.56. The number of ether oxygens (including phenoxy) is 1. The van der Waals surface area contributed by atoms with Gasteiger partial charge in [0.2, 0.25) is 5.91 Å². The molecule has 1 aliphatic heterocycles. The van der Waals surface area contributed by atoms with Crippen molar-refractivity contribution in [3.05, 3.63) is 70.5 Å². The van der Waals surface area contributed by atoms with Gasteiger partial charge in [0, 0.05) is 25.2 Å². The SMILES string of the molecule is O=C(Cc1ccc2c(c1)CCCC2)NCC1(c2cccc(F)c2)CCOCC1. The van der Waals surface area contributed by atoms with E-state index in [4.69, 9.17) is 4.74 Å². The van der Waals surface area contributed by atoms with Gasteiger partial charge in [0.15, 0.2) is 0 Å². The van der Waals surface area contributed by atoms with E-state index in [1.165, 1.54) is 30.0 Å². The summed E-state index contributed by atoms with van der Waals surface area (Å²) in [6, 6.07) is 13.2. The third-order valence-corrected chi connectivity index (χ3v) is 6.29. The van der Waals surface area contributed by atoms with E-state index in [0.29, 0.717) is 26.2 Å². The summed E-state index contributed by atoms with van der Waals surface area (Å²) in [5.74, 6) is -0.207. The molecule has 1 heterocycles. The highest BCUT2D eigenvalue weighted by molar-refractivity contribution is 5.78. The van der Waals surface area contributed by atoms with Gasteiger partial charge in [0.1, 0.15) is 5.82 Å². The smallest absolute Gasteiger partial charge is 0.224 e. The van der Waals surface area contributed by atoms with Gasteiger partial charge in [-0.05, 0) is 72.9 Å². The lowest BCUT2D eigenvalue weighted by Gasteiger charge is -2.38. The summed E-state index contributed by atoms with van der Waals surface area (Å²) in [4.78, 5) is 12.6. The van der Waals surface area contributed by atoms with Crippen LogP contribution in [0.15, 0.2) is 42.5 Å². The van der Waals surface area contributed by atoms with Crippen molar-refractivity contribution in [1.82, 2.24) is 5.32 Å². The molecule has 2 aliphatic rings. The van der Waals surface area contributed by atoms with Crippen LogP contribution in [0.1, 0.15) is 47.9 Å². The molecule has 4 rings (SSSR count). The molecular weight excluding hydrogens is 353 g/mol. The number of aryl methyl sites for hydroxylation is 2. The molecule has 0 unspecified atom stereocenters. The quantitative estimate of drug-likeness (QED) is 0.846. The van der Waals surface area contributed by atoms with Gasteiger partial charge >= 0.3 is 0 Å². The third-order valence-electron chi connectivity index (χ3n) is 6.29. The fraction of sp³-hybridized carbons (Fsp3) is 0.458. The molecule has 0 radical (unpaired) electrons. The average molecular weight is 381 g/mol. The van der Waals surface area contributed by atoms with Gasteiger partial charge in [-0.25, -0.2) is 4.39 Å². The zero-order valence-corrected chi connectivity index (χ0v) is 16.3. The first-order chi connectivity index (χ1) is 13.6. The standard InChI is InChI=1S/C24H28FNO2/c25-22-7-3-6-21(16-22)24(10-12-28-13-11-24)17-26-23(27)15-18-8-9-19-4-1-2-5-20(19)14-18/h3,6-9,14,16H,1-2,4-5,10-13,15,17H2,(H,26,27). The lowest BCUT2D eigenvalue weighted by Crippen LogP contribution is -2.45. The van der Waals surface area contributed by atoms with Gasteiger partial charge in [-0.1, -0.05) is 30.3 Å². The summed E-state index contributed by atoms with van der Waals surface area (Å²) in [5.41, 5.74) is 4.60. The Kier molecular flexibility index (Phi) is 5.77. The van der Waals surface area contributed by atoms with Gasteiger partial charge in [-0.15, -0.1) is 0 Å². The highest BCUT2D eigenvalue weighted by Gasteiger charge is 2.35. The van der Waals surface area contributed by atoms with E-state index in [1.807, 2.05) is 6.07 Å². The van der Waals surface area contributed by atoms with Gasteiger partial charge < -0.3 is 10.1 Å². The van der Waals surface area contributed by atoms with Crippen molar-refractivity contribution < 1.29 is 13.9 Å². The molecule has 0 saturated carbocycles. The van der Waals surface area contributed by atoms with Crippen molar-refractivity contribution in [3.63, 3.8) is 0 Å². The first kappa shape index (κ1) is 19.1. The first-order valence-electron chi connectivity index (χ1n) is 10.4. The molecule has 1 aliphatic carbocycles. The monoisotopic (exact) mass is 381 g/mol. The summed E-state index contributed by atoms with van der Waals surface area (Å²) in [6.45, 7) is 1.79. The van der Waals surface area contributed by atoms with Crippen molar-refractivity contribution >= 4 is 5.91 Å². The van der Waals surface area contributed by atoms with Gasteiger partial charge in [-0.3, -0.25) is 4.79 Å². The predicted molar refractivity (Wildman–Crippen MR) is 108 cm³/mol. The first-order valence-corrected chi connectivity index (χ1v) is 10.4. The van der Waals surface area contributed by atoms with Gasteiger partial charge in [0.25, 0.3) is 0 Å². The van der Waals surface area contributed by atoms with E-state index in [2.05, 4.69) is 23.5 Å². The topological polar surface area (TPSA) is 38.3 Å². The van der Waals surface area contributed by atoms with Crippen LogP contribution in [0.5, 0.6) is 0 Å². The maximum Gasteiger partial charge on any atom is 0.224 e. The number of rotatable bonds is 5. The van der Waals surface area contributed by atoms with Crippen LogP contribution >= 0.6 is 0 Å². The Morgan fingerprint density at radius 2 is 1.82 bits per heavy atom. The molecule has 0 spiro atoms. The molecule has 148 valence electrons.